The van der Waals surface area contributed by atoms with Crippen LogP contribution in [0, 0.1) is 22.7 Å². The van der Waals surface area contributed by atoms with Gasteiger partial charge in [-0.2, -0.15) is 10.5 Å². The van der Waals surface area contributed by atoms with Crippen molar-refractivity contribution in [2.45, 2.75) is 0 Å². The molecule has 0 aliphatic carbocycles. The molecular weight excluding hydrogens is 685 g/mol. The highest BCUT2D eigenvalue weighted by Crippen LogP contribution is 2.41. The highest BCUT2D eigenvalue weighted by molar-refractivity contribution is 6.98. The lowest BCUT2D eigenvalue weighted by Crippen LogP contribution is -2.57. The summed E-state index contributed by atoms with van der Waals surface area (Å²) >= 11 is 0. The number of nitrogens with zero attached hydrogens (tertiary/aromatic N) is 3. The monoisotopic (exact) mass is 713 g/mol. The number of fused-ring (bicyclic) bond motifs is 7. The lowest BCUT2D eigenvalue weighted by Gasteiger charge is -2.34. The summed E-state index contributed by atoms with van der Waals surface area (Å²) in [7, 11) is 0. The maximum atomic E-state index is 9.38. The van der Waals surface area contributed by atoms with Gasteiger partial charge in [-0.1, -0.05) is 97.1 Å². The van der Waals surface area contributed by atoms with E-state index >= 15 is 0 Å². The molecule has 0 radical (unpaired) electrons. The van der Waals surface area contributed by atoms with Crippen LogP contribution in [0.4, 0.5) is 0 Å². The summed E-state index contributed by atoms with van der Waals surface area (Å²) in [4.78, 5) is 0. The molecule has 258 valence electrons. The highest BCUT2D eigenvalue weighted by atomic mass is 16.5. The number of nitriles is 2. The van der Waals surface area contributed by atoms with Crippen molar-refractivity contribution in [2.75, 3.05) is 0 Å². The molecule has 1 aromatic heterocycles. The van der Waals surface area contributed by atoms with Gasteiger partial charge in [-0.25, -0.2) is 0 Å². The average molecular weight is 714 g/mol. The summed E-state index contributed by atoms with van der Waals surface area (Å²) in [5, 5.41) is 21.2. The molecule has 11 rings (SSSR count). The molecule has 5 nitrogen and oxygen atoms in total. The summed E-state index contributed by atoms with van der Waals surface area (Å²) in [5.41, 5.74) is 13.8. The zero-order valence-electron chi connectivity index (χ0n) is 29.9. The van der Waals surface area contributed by atoms with Gasteiger partial charge in [0.05, 0.1) is 34.3 Å². The molecule has 3 heterocycles. The van der Waals surface area contributed by atoms with E-state index in [9.17, 15) is 10.5 Å². The normalized spacial score (nSPS) is 12.1. The molecule has 9 aromatic rings. The molecule has 0 unspecified atom stereocenters. The fraction of sp³-hybridized carbons (Fsp3) is 0. The molecule has 0 fully saturated rings. The molecule has 2 aliphatic rings. The van der Waals surface area contributed by atoms with Gasteiger partial charge in [-0.3, -0.25) is 0 Å². The van der Waals surface area contributed by atoms with Crippen LogP contribution >= 0.6 is 0 Å². The van der Waals surface area contributed by atoms with E-state index in [1.54, 1.807) is 0 Å². The maximum Gasteiger partial charge on any atom is 0.260 e. The predicted molar refractivity (Wildman–Crippen MR) is 224 cm³/mol. The molecular formula is C50H28BN3O2. The third-order valence-electron chi connectivity index (χ3n) is 11.2. The van der Waals surface area contributed by atoms with Gasteiger partial charge in [0.1, 0.15) is 23.0 Å². The number of hydrogen-bond acceptors (Lipinski definition) is 4. The van der Waals surface area contributed by atoms with E-state index in [1.165, 1.54) is 10.8 Å². The number of para-hydroxylation sites is 2. The highest BCUT2D eigenvalue weighted by Gasteiger charge is 2.40. The summed E-state index contributed by atoms with van der Waals surface area (Å²) < 4.78 is 16.1. The fourth-order valence-corrected chi connectivity index (χ4v) is 8.52. The van der Waals surface area contributed by atoms with Gasteiger partial charge in [0.25, 0.3) is 6.71 Å². The van der Waals surface area contributed by atoms with Crippen LogP contribution in [0.2, 0.25) is 0 Å². The molecule has 2 aliphatic heterocycles. The molecule has 0 bridgehead atoms. The van der Waals surface area contributed by atoms with E-state index in [-0.39, 0.29) is 6.71 Å². The SMILES string of the molecule is N#Cc1ccc(-c2ccc3c(c2)Oc2cc(-c4cccc(-n5c6ccccc6c6ccccc65)c4)cc4c2B3c2ccc(-c3ccc(C#N)cc3)cc2O4)cc1. The predicted octanol–water partition coefficient (Wildman–Crippen LogP) is 10.3. The first-order valence-electron chi connectivity index (χ1n) is 18.6. The second-order valence-corrected chi connectivity index (χ2v) is 14.3. The lowest BCUT2D eigenvalue weighted by molar-refractivity contribution is 0.465. The minimum absolute atomic E-state index is 0.115. The molecule has 0 saturated carbocycles. The van der Waals surface area contributed by atoms with E-state index in [2.05, 4.69) is 138 Å². The summed E-state index contributed by atoms with van der Waals surface area (Å²) in [6, 6.07) is 62.6. The molecule has 0 N–H and O–H groups in total. The van der Waals surface area contributed by atoms with Crippen molar-refractivity contribution >= 4 is 44.9 Å². The first kappa shape index (κ1) is 31.7. The first-order valence-corrected chi connectivity index (χ1v) is 18.6. The number of rotatable bonds is 4. The summed E-state index contributed by atoms with van der Waals surface area (Å²) in [6.07, 6.45) is 0. The van der Waals surface area contributed by atoms with Crippen molar-refractivity contribution in [1.29, 1.82) is 10.5 Å². The Bertz CT molecular complexity index is 2980. The van der Waals surface area contributed by atoms with E-state index in [1.807, 2.05) is 48.5 Å². The Balaban J connectivity index is 1.07. The van der Waals surface area contributed by atoms with E-state index in [4.69, 9.17) is 9.47 Å². The molecule has 0 amide bonds. The zero-order valence-corrected chi connectivity index (χ0v) is 29.9. The third kappa shape index (κ3) is 4.94. The topological polar surface area (TPSA) is 71.0 Å². The molecule has 0 atom stereocenters. The van der Waals surface area contributed by atoms with Crippen LogP contribution in [0.15, 0.2) is 170 Å². The van der Waals surface area contributed by atoms with Crippen LogP contribution < -0.4 is 25.9 Å². The first-order chi connectivity index (χ1) is 27.6. The quantitative estimate of drug-likeness (QED) is 0.170. The largest absolute Gasteiger partial charge is 0.458 e. The number of hydrogen-bond donors (Lipinski definition) is 0. The Labute approximate surface area is 323 Å². The van der Waals surface area contributed by atoms with Gasteiger partial charge in [-0.05, 0) is 117 Å². The minimum Gasteiger partial charge on any atom is -0.458 e. The number of ether oxygens (including phenoxy) is 2. The van der Waals surface area contributed by atoms with Gasteiger partial charge in [-0.15, -0.1) is 0 Å². The Hall–Kier alpha value is -7.80. The van der Waals surface area contributed by atoms with E-state index < -0.39 is 0 Å². The van der Waals surface area contributed by atoms with E-state index in [0.29, 0.717) is 11.1 Å². The van der Waals surface area contributed by atoms with Crippen LogP contribution in [0.3, 0.4) is 0 Å². The molecule has 0 spiro atoms. The van der Waals surface area contributed by atoms with Crippen LogP contribution in [0.5, 0.6) is 23.0 Å². The zero-order chi connectivity index (χ0) is 37.3. The standard InChI is InChI=1S/C50H28BN3O2/c52-29-31-12-16-33(17-13-31)36-20-22-42-46(25-36)55-48-27-38(35-6-5-7-39(24-35)54-44-10-3-1-8-40(44)41-9-2-4-11-45(41)54)28-49-50(48)51(42)43-23-21-37(26-47(43)56-49)34-18-14-32(30-53)15-19-34/h1-28H. The molecule has 6 heteroatoms. The average Bonchev–Trinajstić information content (AvgIpc) is 3.60. The Morgan fingerprint density at radius 1 is 0.411 bits per heavy atom. The van der Waals surface area contributed by atoms with Gasteiger partial charge in [0.2, 0.25) is 0 Å². The van der Waals surface area contributed by atoms with Crippen LogP contribution in [0.25, 0.3) is 60.9 Å². The third-order valence-corrected chi connectivity index (χ3v) is 11.2. The Morgan fingerprint density at radius 2 is 0.875 bits per heavy atom. The van der Waals surface area contributed by atoms with Crippen molar-refractivity contribution < 1.29 is 9.47 Å². The maximum absolute atomic E-state index is 9.38. The van der Waals surface area contributed by atoms with Gasteiger partial charge >= 0.3 is 0 Å². The van der Waals surface area contributed by atoms with Crippen LogP contribution in [-0.2, 0) is 0 Å². The van der Waals surface area contributed by atoms with Crippen molar-refractivity contribution in [3.05, 3.63) is 181 Å². The second-order valence-electron chi connectivity index (χ2n) is 14.3. The molecule has 8 aromatic carbocycles. The lowest BCUT2D eigenvalue weighted by atomic mass is 9.34. The molecule has 0 saturated heterocycles. The van der Waals surface area contributed by atoms with Crippen LogP contribution in [-0.4, -0.2) is 11.3 Å². The van der Waals surface area contributed by atoms with E-state index in [0.717, 1.165) is 89.5 Å². The number of benzene rings is 8. The van der Waals surface area contributed by atoms with Gasteiger partial charge in [0.15, 0.2) is 0 Å². The van der Waals surface area contributed by atoms with Gasteiger partial charge in [0, 0.05) is 21.9 Å². The minimum atomic E-state index is -0.115. The summed E-state index contributed by atoms with van der Waals surface area (Å²) in [5.74, 6) is 3.10. The van der Waals surface area contributed by atoms with Crippen molar-refractivity contribution in [3.8, 4) is 74.2 Å². The van der Waals surface area contributed by atoms with Crippen molar-refractivity contribution in [1.82, 2.24) is 4.57 Å². The van der Waals surface area contributed by atoms with Gasteiger partial charge < -0.3 is 14.0 Å². The van der Waals surface area contributed by atoms with Crippen molar-refractivity contribution in [3.63, 3.8) is 0 Å². The Kier molecular flexibility index (Phi) is 7.01. The van der Waals surface area contributed by atoms with Crippen molar-refractivity contribution in [2.24, 2.45) is 0 Å². The summed E-state index contributed by atoms with van der Waals surface area (Å²) in [6.45, 7) is -0.115. The molecule has 56 heavy (non-hydrogen) atoms. The fourth-order valence-electron chi connectivity index (χ4n) is 8.52. The second kappa shape index (κ2) is 12.4. The van der Waals surface area contributed by atoms with Crippen LogP contribution in [0.1, 0.15) is 11.1 Å². The number of aromatic nitrogens is 1. The Morgan fingerprint density at radius 3 is 1.39 bits per heavy atom. The smallest absolute Gasteiger partial charge is 0.260 e.